The van der Waals surface area contributed by atoms with E-state index in [0.717, 1.165) is 10.3 Å². The molecule has 0 atom stereocenters. The standard InChI is InChI=1S/C14H21BO4S/c1-7-17-12(16)11-9(2)20-8-10(11)15-18-13(3,4)14(5,6)19-15/h8H,7H2,1-6H3. The highest BCUT2D eigenvalue weighted by Gasteiger charge is 2.53. The fourth-order valence-corrected chi connectivity index (χ4v) is 2.93. The molecule has 0 amide bonds. The van der Waals surface area contributed by atoms with Gasteiger partial charge >= 0.3 is 13.1 Å². The highest BCUT2D eigenvalue weighted by Crippen LogP contribution is 2.37. The van der Waals surface area contributed by atoms with Crippen LogP contribution >= 0.6 is 11.3 Å². The summed E-state index contributed by atoms with van der Waals surface area (Å²) < 4.78 is 17.1. The van der Waals surface area contributed by atoms with Crippen molar-refractivity contribution >= 4 is 29.9 Å². The highest BCUT2D eigenvalue weighted by molar-refractivity contribution is 7.11. The van der Waals surface area contributed by atoms with E-state index in [0.29, 0.717) is 12.2 Å². The van der Waals surface area contributed by atoms with E-state index < -0.39 is 18.3 Å². The number of ether oxygens (including phenoxy) is 1. The van der Waals surface area contributed by atoms with Gasteiger partial charge in [-0.2, -0.15) is 0 Å². The molecule has 1 fully saturated rings. The first kappa shape index (κ1) is 15.5. The molecule has 1 aliphatic rings. The van der Waals surface area contributed by atoms with Crippen LogP contribution in [0.25, 0.3) is 0 Å². The summed E-state index contributed by atoms with van der Waals surface area (Å²) in [4.78, 5) is 13.0. The van der Waals surface area contributed by atoms with Crippen molar-refractivity contribution in [2.24, 2.45) is 0 Å². The van der Waals surface area contributed by atoms with Crippen LogP contribution in [-0.2, 0) is 14.0 Å². The summed E-state index contributed by atoms with van der Waals surface area (Å²) in [5.74, 6) is -0.309. The summed E-state index contributed by atoms with van der Waals surface area (Å²) in [6.45, 7) is 12.1. The third-order valence-corrected chi connectivity index (χ3v) is 4.92. The van der Waals surface area contributed by atoms with E-state index in [2.05, 4.69) is 0 Å². The number of carbonyl (C=O) groups excluding carboxylic acids is 1. The fourth-order valence-electron chi connectivity index (χ4n) is 2.08. The lowest BCUT2D eigenvalue weighted by Gasteiger charge is -2.32. The summed E-state index contributed by atoms with van der Waals surface area (Å²) in [5, 5.41) is 1.92. The monoisotopic (exact) mass is 296 g/mol. The Morgan fingerprint density at radius 2 is 1.85 bits per heavy atom. The lowest BCUT2D eigenvalue weighted by molar-refractivity contribution is 0.00578. The Labute approximate surface area is 124 Å². The molecule has 110 valence electrons. The first-order valence-electron chi connectivity index (χ1n) is 6.80. The number of thiophene rings is 1. The van der Waals surface area contributed by atoms with Crippen LogP contribution in [0.15, 0.2) is 5.38 Å². The maximum atomic E-state index is 12.1. The SMILES string of the molecule is CCOC(=O)c1c(B2OC(C)(C)C(C)(C)O2)csc1C. The average molecular weight is 296 g/mol. The molecule has 0 saturated carbocycles. The summed E-state index contributed by atoms with van der Waals surface area (Å²) in [6.07, 6.45) is 0. The van der Waals surface area contributed by atoms with Gasteiger partial charge in [-0.25, -0.2) is 4.79 Å². The Kier molecular flexibility index (Phi) is 4.02. The quantitative estimate of drug-likeness (QED) is 0.635. The molecule has 1 saturated heterocycles. The maximum Gasteiger partial charge on any atom is 0.496 e. The number of carbonyl (C=O) groups is 1. The zero-order valence-electron chi connectivity index (χ0n) is 12.9. The molecule has 2 rings (SSSR count). The summed E-state index contributed by atoms with van der Waals surface area (Å²) in [7, 11) is -0.524. The van der Waals surface area contributed by atoms with Crippen molar-refractivity contribution in [3.05, 3.63) is 15.8 Å². The van der Waals surface area contributed by atoms with Gasteiger partial charge in [0, 0.05) is 10.3 Å². The van der Waals surface area contributed by atoms with E-state index in [4.69, 9.17) is 14.0 Å². The molecule has 0 aromatic carbocycles. The van der Waals surface area contributed by atoms with E-state index in [1.54, 1.807) is 6.92 Å². The Morgan fingerprint density at radius 3 is 2.35 bits per heavy atom. The van der Waals surface area contributed by atoms with Gasteiger partial charge in [-0.3, -0.25) is 0 Å². The van der Waals surface area contributed by atoms with Crippen LogP contribution in [-0.4, -0.2) is 30.9 Å². The van der Waals surface area contributed by atoms with Crippen LogP contribution in [0.1, 0.15) is 49.9 Å². The molecular weight excluding hydrogens is 275 g/mol. The van der Waals surface area contributed by atoms with Crippen molar-refractivity contribution in [3.63, 3.8) is 0 Å². The van der Waals surface area contributed by atoms with Gasteiger partial charge in [0.1, 0.15) is 0 Å². The molecule has 0 spiro atoms. The van der Waals surface area contributed by atoms with E-state index in [9.17, 15) is 4.79 Å². The third kappa shape index (κ3) is 2.52. The number of aryl methyl sites for hydroxylation is 1. The van der Waals surface area contributed by atoms with Crippen LogP contribution in [0, 0.1) is 6.92 Å². The van der Waals surface area contributed by atoms with Crippen LogP contribution in [0.4, 0.5) is 0 Å². The summed E-state index contributed by atoms with van der Waals surface area (Å²) >= 11 is 1.51. The van der Waals surface area contributed by atoms with Gasteiger partial charge in [-0.1, -0.05) is 0 Å². The minimum absolute atomic E-state index is 0.309. The fraction of sp³-hybridized carbons (Fsp3) is 0.643. The number of hydrogen-bond acceptors (Lipinski definition) is 5. The Morgan fingerprint density at radius 1 is 1.30 bits per heavy atom. The number of esters is 1. The minimum atomic E-state index is -0.524. The van der Waals surface area contributed by atoms with E-state index in [1.807, 2.05) is 40.0 Å². The molecule has 0 N–H and O–H groups in total. The molecule has 0 unspecified atom stereocenters. The molecule has 1 aromatic rings. The van der Waals surface area contributed by atoms with Gasteiger partial charge < -0.3 is 14.0 Å². The molecule has 2 heterocycles. The van der Waals surface area contributed by atoms with Gasteiger partial charge in [0.05, 0.1) is 23.4 Å². The van der Waals surface area contributed by atoms with Crippen molar-refractivity contribution in [1.29, 1.82) is 0 Å². The third-order valence-electron chi connectivity index (χ3n) is 3.99. The van der Waals surface area contributed by atoms with Crippen LogP contribution < -0.4 is 5.46 Å². The van der Waals surface area contributed by atoms with Crippen molar-refractivity contribution < 1.29 is 18.8 Å². The van der Waals surface area contributed by atoms with Gasteiger partial charge in [0.2, 0.25) is 0 Å². The van der Waals surface area contributed by atoms with Crippen molar-refractivity contribution in [2.75, 3.05) is 6.61 Å². The zero-order chi connectivity index (χ0) is 15.1. The van der Waals surface area contributed by atoms with E-state index in [-0.39, 0.29) is 5.97 Å². The molecule has 0 aliphatic carbocycles. The molecule has 20 heavy (non-hydrogen) atoms. The molecule has 1 aromatic heterocycles. The predicted octanol–water partition coefficient (Wildman–Crippen LogP) is 2.53. The smallest absolute Gasteiger partial charge is 0.462 e. The lowest BCUT2D eigenvalue weighted by Crippen LogP contribution is -2.41. The van der Waals surface area contributed by atoms with Gasteiger partial charge in [-0.05, 0) is 46.9 Å². The second-order valence-electron chi connectivity index (χ2n) is 5.93. The molecule has 0 radical (unpaired) electrons. The summed E-state index contributed by atoms with van der Waals surface area (Å²) in [5.41, 5.74) is 0.513. The van der Waals surface area contributed by atoms with Gasteiger partial charge in [-0.15, -0.1) is 11.3 Å². The number of rotatable bonds is 3. The van der Waals surface area contributed by atoms with Gasteiger partial charge in [0.15, 0.2) is 0 Å². The first-order valence-corrected chi connectivity index (χ1v) is 7.68. The Hall–Kier alpha value is -0.845. The zero-order valence-corrected chi connectivity index (χ0v) is 13.7. The highest BCUT2D eigenvalue weighted by atomic mass is 32.1. The minimum Gasteiger partial charge on any atom is -0.462 e. The van der Waals surface area contributed by atoms with E-state index in [1.165, 1.54) is 11.3 Å². The summed E-state index contributed by atoms with van der Waals surface area (Å²) in [6, 6.07) is 0. The molecule has 6 heteroatoms. The van der Waals surface area contributed by atoms with E-state index >= 15 is 0 Å². The molecule has 0 bridgehead atoms. The largest absolute Gasteiger partial charge is 0.496 e. The normalized spacial score (nSPS) is 20.2. The molecular formula is C14H21BO4S. The first-order chi connectivity index (χ1) is 9.19. The Balaban J connectivity index is 2.34. The topological polar surface area (TPSA) is 44.8 Å². The van der Waals surface area contributed by atoms with Crippen LogP contribution in [0.3, 0.4) is 0 Å². The van der Waals surface area contributed by atoms with Crippen LogP contribution in [0.5, 0.6) is 0 Å². The predicted molar refractivity (Wildman–Crippen MR) is 80.7 cm³/mol. The maximum absolute atomic E-state index is 12.1. The molecule has 1 aliphatic heterocycles. The van der Waals surface area contributed by atoms with Crippen LogP contribution in [0.2, 0.25) is 0 Å². The van der Waals surface area contributed by atoms with Gasteiger partial charge in [0.25, 0.3) is 0 Å². The molecule has 4 nitrogen and oxygen atoms in total. The van der Waals surface area contributed by atoms with Crippen molar-refractivity contribution in [3.8, 4) is 0 Å². The van der Waals surface area contributed by atoms with Crippen molar-refractivity contribution in [2.45, 2.75) is 52.7 Å². The second kappa shape index (κ2) is 5.17. The average Bonchev–Trinajstić information content (AvgIpc) is 2.78. The van der Waals surface area contributed by atoms with Crippen molar-refractivity contribution in [1.82, 2.24) is 0 Å². The number of hydrogen-bond donors (Lipinski definition) is 0. The Bertz CT molecular complexity index is 505. The second-order valence-corrected chi connectivity index (χ2v) is 7.01. The lowest BCUT2D eigenvalue weighted by atomic mass is 9.78.